The molecule has 1 aliphatic carbocycles. The molecule has 1 aromatic carbocycles. The van der Waals surface area contributed by atoms with Crippen molar-refractivity contribution >= 4 is 0 Å². The van der Waals surface area contributed by atoms with Crippen LogP contribution in [0.3, 0.4) is 0 Å². The summed E-state index contributed by atoms with van der Waals surface area (Å²) in [5, 5.41) is 19.2. The summed E-state index contributed by atoms with van der Waals surface area (Å²) in [6.45, 7) is 1.99. The van der Waals surface area contributed by atoms with E-state index in [4.69, 9.17) is 9.47 Å². The number of benzene rings is 1. The Labute approximate surface area is 106 Å². The number of aromatic hydroxyl groups is 2. The van der Waals surface area contributed by atoms with Crippen molar-refractivity contribution in [3.63, 3.8) is 0 Å². The van der Waals surface area contributed by atoms with Crippen molar-refractivity contribution in [3.8, 4) is 11.5 Å². The van der Waals surface area contributed by atoms with Gasteiger partial charge < -0.3 is 19.7 Å². The van der Waals surface area contributed by atoms with Crippen molar-refractivity contribution in [3.05, 3.63) is 23.8 Å². The predicted octanol–water partition coefficient (Wildman–Crippen LogP) is 2.15. The van der Waals surface area contributed by atoms with Gasteiger partial charge in [0.15, 0.2) is 0 Å². The first-order chi connectivity index (χ1) is 8.69. The summed E-state index contributed by atoms with van der Waals surface area (Å²) in [7, 11) is 0. The van der Waals surface area contributed by atoms with E-state index in [9.17, 15) is 10.2 Å². The van der Waals surface area contributed by atoms with Crippen molar-refractivity contribution in [1.29, 1.82) is 0 Å². The molecule has 1 aromatic rings. The van der Waals surface area contributed by atoms with E-state index >= 15 is 0 Å². The molecule has 4 heteroatoms. The molecule has 2 fully saturated rings. The van der Waals surface area contributed by atoms with Gasteiger partial charge in [-0.3, -0.25) is 0 Å². The van der Waals surface area contributed by atoms with E-state index in [1.54, 1.807) is 12.1 Å². The lowest BCUT2D eigenvalue weighted by atomic mass is 9.93. The minimum atomic E-state index is -0.159. The standard InChI is InChI=1S/C14H18O4/c15-11-1-2-12(13(16)7-11)10-3-4-14(8-10)9-17-5-6-18-14/h1-2,7,10,15-16H,3-6,8-9H2. The average Bonchev–Trinajstić information content (AvgIpc) is 2.74. The summed E-state index contributed by atoms with van der Waals surface area (Å²) in [6.07, 6.45) is 2.84. The van der Waals surface area contributed by atoms with E-state index in [1.807, 2.05) is 0 Å². The summed E-state index contributed by atoms with van der Waals surface area (Å²) < 4.78 is 11.4. The molecule has 2 aliphatic rings. The van der Waals surface area contributed by atoms with Gasteiger partial charge in [0, 0.05) is 6.07 Å². The number of phenolic OH excluding ortho intramolecular Hbond substituents is 2. The Bertz CT molecular complexity index is 437. The second-order valence-electron chi connectivity index (χ2n) is 5.27. The summed E-state index contributed by atoms with van der Waals surface area (Å²) in [5.74, 6) is 0.558. The highest BCUT2D eigenvalue weighted by Crippen LogP contribution is 2.46. The fourth-order valence-electron chi connectivity index (χ4n) is 3.11. The van der Waals surface area contributed by atoms with Crippen LogP contribution in [0.25, 0.3) is 0 Å². The van der Waals surface area contributed by atoms with E-state index in [-0.39, 0.29) is 23.0 Å². The van der Waals surface area contributed by atoms with E-state index in [2.05, 4.69) is 0 Å². The molecule has 3 rings (SSSR count). The van der Waals surface area contributed by atoms with Crippen LogP contribution in [-0.4, -0.2) is 35.6 Å². The Balaban J connectivity index is 1.78. The van der Waals surface area contributed by atoms with Crippen LogP contribution in [0.2, 0.25) is 0 Å². The molecule has 18 heavy (non-hydrogen) atoms. The summed E-state index contributed by atoms with van der Waals surface area (Å²) in [6, 6.07) is 4.83. The molecule has 1 saturated carbocycles. The van der Waals surface area contributed by atoms with Crippen LogP contribution >= 0.6 is 0 Å². The van der Waals surface area contributed by atoms with Crippen LogP contribution < -0.4 is 0 Å². The molecule has 1 saturated heterocycles. The van der Waals surface area contributed by atoms with Crippen molar-refractivity contribution in [1.82, 2.24) is 0 Å². The van der Waals surface area contributed by atoms with E-state index in [0.29, 0.717) is 19.8 Å². The van der Waals surface area contributed by atoms with Crippen LogP contribution in [0.1, 0.15) is 30.7 Å². The largest absolute Gasteiger partial charge is 0.508 e. The zero-order chi connectivity index (χ0) is 12.6. The quantitative estimate of drug-likeness (QED) is 0.801. The molecule has 2 atom stereocenters. The SMILES string of the molecule is Oc1ccc(C2CCC3(COCCO3)C2)c(O)c1. The van der Waals surface area contributed by atoms with Gasteiger partial charge in [0.05, 0.1) is 25.4 Å². The molecule has 98 valence electrons. The van der Waals surface area contributed by atoms with Crippen molar-refractivity contribution in [2.45, 2.75) is 30.8 Å². The fraction of sp³-hybridized carbons (Fsp3) is 0.571. The highest BCUT2D eigenvalue weighted by molar-refractivity contribution is 5.41. The van der Waals surface area contributed by atoms with Gasteiger partial charge in [-0.1, -0.05) is 6.07 Å². The minimum Gasteiger partial charge on any atom is -0.508 e. The summed E-state index contributed by atoms with van der Waals surface area (Å²) >= 11 is 0. The van der Waals surface area contributed by atoms with Crippen LogP contribution in [0.15, 0.2) is 18.2 Å². The number of phenols is 2. The monoisotopic (exact) mass is 250 g/mol. The van der Waals surface area contributed by atoms with Gasteiger partial charge >= 0.3 is 0 Å². The van der Waals surface area contributed by atoms with Crippen LogP contribution in [0, 0.1) is 0 Å². The van der Waals surface area contributed by atoms with E-state index in [1.165, 1.54) is 6.07 Å². The lowest BCUT2D eigenvalue weighted by molar-refractivity contribution is -0.153. The molecule has 0 amide bonds. The topological polar surface area (TPSA) is 58.9 Å². The maximum absolute atomic E-state index is 9.91. The van der Waals surface area contributed by atoms with Gasteiger partial charge in [-0.05, 0) is 36.8 Å². The van der Waals surface area contributed by atoms with E-state index < -0.39 is 0 Å². The van der Waals surface area contributed by atoms with Gasteiger partial charge in [-0.25, -0.2) is 0 Å². The summed E-state index contributed by atoms with van der Waals surface area (Å²) in [5.41, 5.74) is 0.742. The van der Waals surface area contributed by atoms with Gasteiger partial charge in [-0.2, -0.15) is 0 Å². The molecule has 4 nitrogen and oxygen atoms in total. The first-order valence-corrected chi connectivity index (χ1v) is 6.42. The predicted molar refractivity (Wildman–Crippen MR) is 65.9 cm³/mol. The Morgan fingerprint density at radius 3 is 2.83 bits per heavy atom. The number of hydrogen-bond acceptors (Lipinski definition) is 4. The molecule has 1 aliphatic heterocycles. The minimum absolute atomic E-state index is 0.0983. The van der Waals surface area contributed by atoms with Crippen LogP contribution in [0.5, 0.6) is 11.5 Å². The molecule has 2 N–H and O–H groups in total. The first kappa shape index (κ1) is 11.8. The lowest BCUT2D eigenvalue weighted by Gasteiger charge is -2.33. The van der Waals surface area contributed by atoms with Crippen molar-refractivity contribution in [2.75, 3.05) is 19.8 Å². The molecule has 2 unspecified atom stereocenters. The molecular weight excluding hydrogens is 232 g/mol. The number of ether oxygens (including phenoxy) is 2. The number of hydrogen-bond donors (Lipinski definition) is 2. The zero-order valence-electron chi connectivity index (χ0n) is 10.3. The highest BCUT2D eigenvalue weighted by Gasteiger charge is 2.43. The molecule has 0 aromatic heterocycles. The van der Waals surface area contributed by atoms with Crippen molar-refractivity contribution in [2.24, 2.45) is 0 Å². The molecule has 0 radical (unpaired) electrons. The van der Waals surface area contributed by atoms with Gasteiger partial charge in [0.1, 0.15) is 11.5 Å². The second-order valence-corrected chi connectivity index (χ2v) is 5.27. The van der Waals surface area contributed by atoms with E-state index in [0.717, 1.165) is 24.8 Å². The zero-order valence-corrected chi connectivity index (χ0v) is 10.3. The highest BCUT2D eigenvalue weighted by atomic mass is 16.6. The third kappa shape index (κ3) is 2.06. The Hall–Kier alpha value is -1.26. The third-order valence-corrected chi connectivity index (χ3v) is 4.02. The number of rotatable bonds is 1. The van der Waals surface area contributed by atoms with Crippen LogP contribution in [0.4, 0.5) is 0 Å². The van der Waals surface area contributed by atoms with Gasteiger partial charge in [-0.15, -0.1) is 0 Å². The third-order valence-electron chi connectivity index (χ3n) is 4.02. The fourth-order valence-corrected chi connectivity index (χ4v) is 3.11. The Morgan fingerprint density at radius 2 is 2.11 bits per heavy atom. The molecule has 1 spiro atoms. The smallest absolute Gasteiger partial charge is 0.122 e. The molecule has 0 bridgehead atoms. The van der Waals surface area contributed by atoms with Crippen molar-refractivity contribution < 1.29 is 19.7 Å². The maximum atomic E-state index is 9.91. The average molecular weight is 250 g/mol. The first-order valence-electron chi connectivity index (χ1n) is 6.42. The Morgan fingerprint density at radius 1 is 1.22 bits per heavy atom. The molecular formula is C14H18O4. The lowest BCUT2D eigenvalue weighted by Crippen LogP contribution is -2.40. The molecule has 1 heterocycles. The second kappa shape index (κ2) is 4.44. The van der Waals surface area contributed by atoms with Gasteiger partial charge in [0.25, 0.3) is 0 Å². The summed E-state index contributed by atoms with van der Waals surface area (Å²) in [4.78, 5) is 0. The Kier molecular flexibility index (Phi) is 2.92. The van der Waals surface area contributed by atoms with Gasteiger partial charge in [0.2, 0.25) is 0 Å². The maximum Gasteiger partial charge on any atom is 0.122 e. The van der Waals surface area contributed by atoms with Crippen LogP contribution in [-0.2, 0) is 9.47 Å². The normalized spacial score (nSPS) is 31.9.